The Morgan fingerprint density at radius 2 is 2.28 bits per heavy atom. The molecule has 1 atom stereocenters. The largest absolute Gasteiger partial charge is 0.506 e. The van der Waals surface area contributed by atoms with E-state index in [-0.39, 0.29) is 5.75 Å². The van der Waals surface area contributed by atoms with Crippen molar-refractivity contribution in [3.63, 3.8) is 0 Å². The quantitative estimate of drug-likeness (QED) is 0.912. The Bertz CT molecular complexity index is 391. The van der Waals surface area contributed by atoms with E-state index in [4.69, 9.17) is 16.3 Å². The van der Waals surface area contributed by atoms with Gasteiger partial charge in [-0.25, -0.2) is 0 Å². The van der Waals surface area contributed by atoms with Gasteiger partial charge in [-0.05, 0) is 44.0 Å². The maximum Gasteiger partial charge on any atom is 0.134 e. The van der Waals surface area contributed by atoms with Gasteiger partial charge < -0.3 is 9.84 Å². The van der Waals surface area contributed by atoms with Gasteiger partial charge in [-0.15, -0.1) is 0 Å². The molecule has 100 valence electrons. The summed E-state index contributed by atoms with van der Waals surface area (Å²) in [5.41, 5.74) is 1.11. The van der Waals surface area contributed by atoms with Crippen LogP contribution < -0.4 is 0 Å². The molecule has 1 unspecified atom stereocenters. The molecule has 4 heteroatoms. The molecule has 2 rings (SSSR count). The van der Waals surface area contributed by atoms with Crippen LogP contribution in [0.2, 0.25) is 5.02 Å². The monoisotopic (exact) mass is 269 g/mol. The van der Waals surface area contributed by atoms with Crippen molar-refractivity contribution in [2.24, 2.45) is 0 Å². The summed E-state index contributed by atoms with van der Waals surface area (Å²) >= 11 is 5.90. The predicted molar refractivity (Wildman–Crippen MR) is 73.0 cm³/mol. The summed E-state index contributed by atoms with van der Waals surface area (Å²) in [4.78, 5) is 2.23. The van der Waals surface area contributed by atoms with Crippen LogP contribution in [0.3, 0.4) is 0 Å². The summed E-state index contributed by atoms with van der Waals surface area (Å²) in [6.07, 6.45) is 3.97. The van der Waals surface area contributed by atoms with Crippen LogP contribution in [-0.4, -0.2) is 36.3 Å². The van der Waals surface area contributed by atoms with Gasteiger partial charge in [-0.2, -0.15) is 0 Å². The summed E-state index contributed by atoms with van der Waals surface area (Å²) in [5.74, 6) is 0.138. The van der Waals surface area contributed by atoms with Gasteiger partial charge >= 0.3 is 0 Å². The molecule has 0 amide bonds. The number of rotatable bonds is 4. The van der Waals surface area contributed by atoms with Crippen molar-refractivity contribution in [3.8, 4) is 5.75 Å². The Morgan fingerprint density at radius 3 is 2.94 bits per heavy atom. The third-order valence-corrected chi connectivity index (χ3v) is 3.56. The lowest BCUT2D eigenvalue weighted by atomic mass is 10.1. The molecule has 1 aromatic carbocycles. The number of nitrogens with zero attached hydrogens (tertiary/aromatic N) is 1. The van der Waals surface area contributed by atoms with Crippen LogP contribution in [0.15, 0.2) is 18.2 Å². The van der Waals surface area contributed by atoms with Gasteiger partial charge in [0, 0.05) is 19.7 Å². The number of ether oxygens (including phenoxy) is 1. The topological polar surface area (TPSA) is 32.7 Å². The third kappa shape index (κ3) is 3.87. The maximum atomic E-state index is 9.37. The van der Waals surface area contributed by atoms with E-state index in [1.165, 1.54) is 12.8 Å². The molecule has 0 aliphatic carbocycles. The number of aromatic hydroxyl groups is 1. The van der Waals surface area contributed by atoms with Crippen LogP contribution in [0.25, 0.3) is 0 Å². The Labute approximate surface area is 113 Å². The first-order valence-electron chi connectivity index (χ1n) is 6.42. The van der Waals surface area contributed by atoms with E-state index in [0.717, 1.165) is 31.7 Å². The molecule has 3 nitrogen and oxygen atoms in total. The van der Waals surface area contributed by atoms with E-state index >= 15 is 0 Å². The number of likely N-dealkylation sites (N-methyl/N-ethyl adjacent to an activating group) is 1. The van der Waals surface area contributed by atoms with Crippen LogP contribution in [-0.2, 0) is 11.3 Å². The second-order valence-corrected chi connectivity index (χ2v) is 5.38. The highest BCUT2D eigenvalue weighted by Crippen LogP contribution is 2.24. The molecule has 0 radical (unpaired) electrons. The first kappa shape index (κ1) is 13.7. The van der Waals surface area contributed by atoms with E-state index in [1.807, 2.05) is 12.1 Å². The second kappa shape index (κ2) is 6.41. The summed E-state index contributed by atoms with van der Waals surface area (Å²) in [6.45, 7) is 2.65. The number of phenolic OH excluding ortho intramolecular Hbond substituents is 1. The zero-order chi connectivity index (χ0) is 13.0. The second-order valence-electron chi connectivity index (χ2n) is 4.97. The van der Waals surface area contributed by atoms with Crippen molar-refractivity contribution in [2.45, 2.75) is 31.9 Å². The highest BCUT2D eigenvalue weighted by atomic mass is 35.5. The van der Waals surface area contributed by atoms with Crippen molar-refractivity contribution in [3.05, 3.63) is 28.8 Å². The molecule has 1 aliphatic heterocycles. The van der Waals surface area contributed by atoms with Crippen molar-refractivity contribution in [1.82, 2.24) is 4.90 Å². The lowest BCUT2D eigenvalue weighted by Crippen LogP contribution is -2.33. The van der Waals surface area contributed by atoms with E-state index in [9.17, 15) is 5.11 Å². The van der Waals surface area contributed by atoms with Crippen LogP contribution in [0.5, 0.6) is 5.75 Å². The van der Waals surface area contributed by atoms with Crippen LogP contribution in [0.1, 0.15) is 24.8 Å². The van der Waals surface area contributed by atoms with E-state index in [1.54, 1.807) is 6.07 Å². The van der Waals surface area contributed by atoms with Crippen LogP contribution in [0.4, 0.5) is 0 Å². The maximum absolute atomic E-state index is 9.37. The molecule has 0 bridgehead atoms. The van der Waals surface area contributed by atoms with Crippen molar-refractivity contribution < 1.29 is 9.84 Å². The molecule has 1 fully saturated rings. The van der Waals surface area contributed by atoms with Crippen molar-refractivity contribution in [2.75, 3.05) is 20.2 Å². The molecule has 1 heterocycles. The normalized spacial score (nSPS) is 20.3. The van der Waals surface area contributed by atoms with Gasteiger partial charge in [0.15, 0.2) is 0 Å². The lowest BCUT2D eigenvalue weighted by Gasteiger charge is -2.27. The summed E-state index contributed by atoms with van der Waals surface area (Å²) in [5, 5.41) is 9.79. The standard InChI is InChI=1S/C14H20ClNO2/c1-16(10-12-4-2-3-7-18-12)9-11-5-6-14(17)13(15)8-11/h5-6,8,12,17H,2-4,7,9-10H2,1H3. The molecular weight excluding hydrogens is 250 g/mol. The first-order chi connectivity index (χ1) is 8.65. The van der Waals surface area contributed by atoms with Gasteiger partial charge in [0.2, 0.25) is 0 Å². The molecule has 0 aromatic heterocycles. The van der Waals surface area contributed by atoms with Gasteiger partial charge in [0.1, 0.15) is 5.75 Å². The van der Waals surface area contributed by atoms with Crippen LogP contribution >= 0.6 is 11.6 Å². The molecule has 1 aromatic rings. The minimum atomic E-state index is 0.138. The summed E-state index contributed by atoms with van der Waals surface area (Å²) in [7, 11) is 2.08. The third-order valence-electron chi connectivity index (χ3n) is 3.25. The molecule has 1 aliphatic rings. The highest BCUT2D eigenvalue weighted by molar-refractivity contribution is 6.32. The highest BCUT2D eigenvalue weighted by Gasteiger charge is 2.16. The van der Waals surface area contributed by atoms with Gasteiger partial charge in [-0.3, -0.25) is 4.90 Å². The number of hydrogen-bond acceptors (Lipinski definition) is 3. The number of hydrogen-bond donors (Lipinski definition) is 1. The molecule has 0 saturated carbocycles. The molecular formula is C14H20ClNO2. The van der Waals surface area contributed by atoms with Crippen LogP contribution in [0, 0.1) is 0 Å². The molecule has 0 spiro atoms. The average Bonchev–Trinajstić information content (AvgIpc) is 2.35. The molecule has 1 saturated heterocycles. The average molecular weight is 270 g/mol. The molecule has 18 heavy (non-hydrogen) atoms. The number of benzene rings is 1. The zero-order valence-electron chi connectivity index (χ0n) is 10.7. The first-order valence-corrected chi connectivity index (χ1v) is 6.80. The minimum Gasteiger partial charge on any atom is -0.506 e. The van der Waals surface area contributed by atoms with E-state index in [2.05, 4.69) is 11.9 Å². The van der Waals surface area contributed by atoms with Crippen molar-refractivity contribution >= 4 is 11.6 Å². The fraction of sp³-hybridized carbons (Fsp3) is 0.571. The van der Waals surface area contributed by atoms with Gasteiger partial charge in [0.25, 0.3) is 0 Å². The Morgan fingerprint density at radius 1 is 1.44 bits per heavy atom. The SMILES string of the molecule is CN(Cc1ccc(O)c(Cl)c1)CC1CCCCO1. The van der Waals surface area contributed by atoms with E-state index in [0.29, 0.717) is 11.1 Å². The smallest absolute Gasteiger partial charge is 0.134 e. The van der Waals surface area contributed by atoms with Crippen molar-refractivity contribution in [1.29, 1.82) is 0 Å². The Hall–Kier alpha value is -0.770. The fourth-order valence-electron chi connectivity index (χ4n) is 2.32. The van der Waals surface area contributed by atoms with E-state index < -0.39 is 0 Å². The van der Waals surface area contributed by atoms with Gasteiger partial charge in [0.05, 0.1) is 11.1 Å². The fourth-order valence-corrected chi connectivity index (χ4v) is 2.53. The Balaban J connectivity index is 1.85. The zero-order valence-corrected chi connectivity index (χ0v) is 11.5. The minimum absolute atomic E-state index is 0.138. The number of phenols is 1. The number of halogens is 1. The lowest BCUT2D eigenvalue weighted by molar-refractivity contribution is -0.00259. The van der Waals surface area contributed by atoms with Gasteiger partial charge in [-0.1, -0.05) is 17.7 Å². The summed E-state index contributed by atoms with van der Waals surface area (Å²) in [6, 6.07) is 5.36. The summed E-state index contributed by atoms with van der Waals surface area (Å²) < 4.78 is 5.72. The predicted octanol–water partition coefficient (Wildman–Crippen LogP) is 3.05. The molecule has 1 N–H and O–H groups in total. The Kier molecular flexibility index (Phi) is 4.87.